The Hall–Kier alpha value is -8.13. The molecule has 4 aromatic carbocycles. The number of piperidine rings is 2. The number of likely N-dealkylation sites (N-methyl/N-ethyl adjacent to an activating group) is 2. The van der Waals surface area contributed by atoms with E-state index in [9.17, 15) is 14.4 Å². The Balaban J connectivity index is 0.000000206. The number of ether oxygens (including phenoxy) is 1. The summed E-state index contributed by atoms with van der Waals surface area (Å²) in [6, 6.07) is 32.2. The van der Waals surface area contributed by atoms with E-state index in [2.05, 4.69) is 48.0 Å². The zero-order chi connectivity index (χ0) is 60.0. The molecule has 2 saturated heterocycles. The smallest absolute Gasteiger partial charge is 0.410 e. The summed E-state index contributed by atoms with van der Waals surface area (Å²) in [7, 11) is 7.90. The Morgan fingerprint density at radius 2 is 1.14 bits per heavy atom. The number of rotatable bonds is 18. The molecule has 0 radical (unpaired) electrons. The maximum Gasteiger partial charge on any atom is 0.410 e. The highest BCUT2D eigenvalue weighted by Gasteiger charge is 2.33. The number of fused-ring (bicyclic) bond motifs is 2. The number of para-hydroxylation sites is 2. The average molecular weight is 1190 g/mol. The largest absolute Gasteiger partial charge is 0.444 e. The van der Waals surface area contributed by atoms with Gasteiger partial charge in [-0.2, -0.15) is 0 Å². The summed E-state index contributed by atoms with van der Waals surface area (Å²) in [6.07, 6.45) is 17.4. The van der Waals surface area contributed by atoms with E-state index in [-0.39, 0.29) is 23.9 Å². The van der Waals surface area contributed by atoms with Crippen LogP contribution in [0.2, 0.25) is 10.0 Å². The quantitative estimate of drug-likeness (QED) is 0.0510. The van der Waals surface area contributed by atoms with Crippen molar-refractivity contribution in [3.63, 3.8) is 0 Å². The second-order valence-electron chi connectivity index (χ2n) is 22.9. The van der Waals surface area contributed by atoms with Gasteiger partial charge in [0.25, 0.3) is 0 Å². The number of likely N-dealkylation sites (tertiary alicyclic amines) is 2. The average Bonchev–Trinajstić information content (AvgIpc) is 2.71. The molecule has 4 aromatic heterocycles. The SMILES string of the molecule is CN(C)C/C=C/C(=O)N1CCC[C@@H](N(Cc2ccc(Nc3ncc(Cl)c(-c4c[nH]c5ccccc45)n3)cc2)C(=O)OC(C)(C)C)C1.CN(C)C/C=C/C(=O)N1CCC[C@@H](NCc2ccc(Nc3ncc(Cl)c(-c4c[nH]c5ccccc45)n3)cc2)C1. The van der Waals surface area contributed by atoms with E-state index in [4.69, 9.17) is 37.9 Å². The van der Waals surface area contributed by atoms with Gasteiger partial charge in [-0.1, -0.05) is 96.0 Å². The monoisotopic (exact) mass is 1190 g/mol. The summed E-state index contributed by atoms with van der Waals surface area (Å²) >= 11 is 13.0. The van der Waals surface area contributed by atoms with Gasteiger partial charge in [0.2, 0.25) is 23.7 Å². The van der Waals surface area contributed by atoms with E-state index in [1.807, 2.05) is 178 Å². The number of nitrogens with zero attached hydrogens (tertiary/aromatic N) is 9. The minimum atomic E-state index is -0.647. The van der Waals surface area contributed by atoms with Crippen LogP contribution in [0.25, 0.3) is 44.3 Å². The van der Waals surface area contributed by atoms with Gasteiger partial charge >= 0.3 is 6.09 Å². The molecule has 5 N–H and O–H groups in total. The molecule has 2 fully saturated rings. The second kappa shape index (κ2) is 28.6. The van der Waals surface area contributed by atoms with Gasteiger partial charge in [-0.3, -0.25) is 14.5 Å². The molecule has 6 heterocycles. The van der Waals surface area contributed by atoms with Gasteiger partial charge in [0, 0.05) is 127 Å². The number of carbonyl (C=O) groups is 3. The number of benzene rings is 4. The molecule has 0 unspecified atom stereocenters. The Labute approximate surface area is 507 Å². The molecule has 85 heavy (non-hydrogen) atoms. The molecule has 10 rings (SSSR count). The Kier molecular flexibility index (Phi) is 20.7. The lowest BCUT2D eigenvalue weighted by molar-refractivity contribution is -0.128. The van der Waals surface area contributed by atoms with Crippen molar-refractivity contribution in [1.29, 1.82) is 0 Å². The first-order valence-corrected chi connectivity index (χ1v) is 29.5. The van der Waals surface area contributed by atoms with Crippen LogP contribution in [0.1, 0.15) is 57.6 Å². The number of aromatic nitrogens is 6. The van der Waals surface area contributed by atoms with Crippen molar-refractivity contribution in [3.05, 3.63) is 167 Å². The van der Waals surface area contributed by atoms with Crippen molar-refractivity contribution in [1.82, 2.24) is 59.7 Å². The standard InChI is InChI=1S/C35H42ClN7O3.C30H34ClN7O/c1-35(2,3)46-34(45)43(26-10-8-19-42(23-26)31(44)13-9-18-41(4)5)22-24-14-16-25(17-15-24)39-33-38-21-29(36)32(40-33)28-20-37-30-12-7-6-11-27(28)30;1-37(2)15-6-10-28(39)38-16-5-7-23(20-38)32-17-21-11-13-22(14-12-21)35-30-34-19-26(31)29(36-30)25-18-33-27-9-4-3-8-24(25)27/h6-7,9,11-17,20-21,26,37H,8,10,18-19,22-23H2,1-5H3,(H,38,39,40);3-4,6,8-14,18-19,23,32-33H,5,7,15-17,20H2,1-2H3,(H,34,35,36)/b13-9+;10-6+/t26-;23-/m11/s1. The molecule has 2 aliphatic rings. The predicted octanol–water partition coefficient (Wildman–Crippen LogP) is 12.1. The van der Waals surface area contributed by atoms with E-state index >= 15 is 0 Å². The topological polar surface area (TPSA) is 196 Å². The molecule has 2 atom stereocenters. The summed E-state index contributed by atoms with van der Waals surface area (Å²) in [5.41, 5.74) is 8.33. The molecule has 18 nitrogen and oxygen atoms in total. The maximum atomic E-state index is 13.5. The van der Waals surface area contributed by atoms with Crippen molar-refractivity contribution in [3.8, 4) is 22.5 Å². The minimum Gasteiger partial charge on any atom is -0.444 e. The number of H-pyrrole nitrogens is 2. The Morgan fingerprint density at radius 3 is 1.65 bits per heavy atom. The minimum absolute atomic E-state index is 0.0385. The van der Waals surface area contributed by atoms with Crippen LogP contribution in [0.3, 0.4) is 0 Å². The number of aromatic amines is 2. The van der Waals surface area contributed by atoms with Gasteiger partial charge in [-0.25, -0.2) is 24.7 Å². The third-order valence-electron chi connectivity index (χ3n) is 14.5. The van der Waals surface area contributed by atoms with Crippen molar-refractivity contribution >= 4 is 86.2 Å². The number of carbonyl (C=O) groups excluding carboxylic acids is 3. The lowest BCUT2D eigenvalue weighted by Crippen LogP contribution is -2.52. The van der Waals surface area contributed by atoms with Crippen LogP contribution < -0.4 is 16.0 Å². The first-order chi connectivity index (χ1) is 40.9. The van der Waals surface area contributed by atoms with Crippen molar-refractivity contribution in [2.75, 3.05) is 78.1 Å². The first-order valence-electron chi connectivity index (χ1n) is 28.8. The molecule has 20 heteroatoms. The second-order valence-corrected chi connectivity index (χ2v) is 23.8. The molecule has 444 valence electrons. The van der Waals surface area contributed by atoms with Gasteiger partial charge in [0.1, 0.15) is 5.60 Å². The first kappa shape index (κ1) is 61.4. The van der Waals surface area contributed by atoms with Crippen molar-refractivity contribution in [2.45, 2.75) is 77.2 Å². The number of hydrogen-bond acceptors (Lipinski definition) is 13. The number of hydrogen-bond donors (Lipinski definition) is 5. The Morgan fingerprint density at radius 1 is 0.659 bits per heavy atom. The van der Waals surface area contributed by atoms with Gasteiger partial charge in [0.05, 0.1) is 39.9 Å². The van der Waals surface area contributed by atoms with E-state index in [0.717, 1.165) is 102 Å². The molecule has 0 bridgehead atoms. The van der Waals surface area contributed by atoms with Crippen molar-refractivity contribution in [2.24, 2.45) is 0 Å². The zero-order valence-corrected chi connectivity index (χ0v) is 50.9. The van der Waals surface area contributed by atoms with Crippen LogP contribution in [0, 0.1) is 0 Å². The van der Waals surface area contributed by atoms with Gasteiger partial charge in [0.15, 0.2) is 0 Å². The molecular formula is C65H76Cl2N14O4. The maximum absolute atomic E-state index is 13.5. The molecular weight excluding hydrogens is 1110 g/mol. The highest BCUT2D eigenvalue weighted by molar-refractivity contribution is 6.33. The summed E-state index contributed by atoms with van der Waals surface area (Å²) in [5, 5.41) is 13.2. The summed E-state index contributed by atoms with van der Waals surface area (Å²) in [4.78, 5) is 73.2. The molecule has 0 spiro atoms. The number of anilines is 4. The third-order valence-corrected chi connectivity index (χ3v) is 15.1. The van der Waals surface area contributed by atoms with E-state index in [1.165, 1.54) is 5.56 Å². The van der Waals surface area contributed by atoms with Crippen LogP contribution in [-0.4, -0.2) is 157 Å². The van der Waals surface area contributed by atoms with Gasteiger partial charge < -0.3 is 50.3 Å². The fourth-order valence-corrected chi connectivity index (χ4v) is 10.6. The number of halogens is 2. The van der Waals surface area contributed by atoms with E-state index in [1.54, 1.807) is 29.4 Å². The fraction of sp³-hybridized carbons (Fsp3) is 0.338. The third kappa shape index (κ3) is 17.0. The van der Waals surface area contributed by atoms with E-state index < -0.39 is 11.7 Å². The summed E-state index contributed by atoms with van der Waals surface area (Å²) < 4.78 is 5.82. The van der Waals surface area contributed by atoms with Crippen LogP contribution >= 0.6 is 23.2 Å². The molecule has 3 amide bonds. The normalized spacial score (nSPS) is 15.7. The highest BCUT2D eigenvalue weighted by atomic mass is 35.5. The zero-order valence-electron chi connectivity index (χ0n) is 49.4. The highest BCUT2D eigenvalue weighted by Crippen LogP contribution is 2.35. The molecule has 0 aliphatic carbocycles. The van der Waals surface area contributed by atoms with Crippen LogP contribution in [0.15, 0.2) is 146 Å². The van der Waals surface area contributed by atoms with Crippen molar-refractivity contribution < 1.29 is 19.1 Å². The van der Waals surface area contributed by atoms with Gasteiger partial charge in [-0.15, -0.1) is 0 Å². The van der Waals surface area contributed by atoms with Crippen LogP contribution in [0.5, 0.6) is 0 Å². The summed E-state index contributed by atoms with van der Waals surface area (Å²) in [6.45, 7) is 10.8. The van der Waals surface area contributed by atoms with E-state index in [0.29, 0.717) is 59.5 Å². The predicted molar refractivity (Wildman–Crippen MR) is 341 cm³/mol. The van der Waals surface area contributed by atoms with Gasteiger partial charge in [-0.05, 0) is 122 Å². The molecule has 0 saturated carbocycles. The van der Waals surface area contributed by atoms with Crippen LogP contribution in [0.4, 0.5) is 28.1 Å². The molecule has 8 aromatic rings. The number of nitrogens with one attached hydrogen (secondary N) is 5. The van der Waals surface area contributed by atoms with Crippen LogP contribution in [-0.2, 0) is 27.4 Å². The lowest BCUT2D eigenvalue weighted by Gasteiger charge is -2.39. The fourth-order valence-electron chi connectivity index (χ4n) is 10.2. The number of amides is 3. The summed E-state index contributed by atoms with van der Waals surface area (Å²) in [5.74, 6) is 0.955. The lowest BCUT2D eigenvalue weighted by atomic mass is 10.0. The molecule has 2 aliphatic heterocycles. The Bertz CT molecular complexity index is 3610.